The molecule has 7 heteroatoms. The average Bonchev–Trinajstić information content (AvgIpc) is 2.14. The zero-order chi connectivity index (χ0) is 11.5. The van der Waals surface area contributed by atoms with Gasteiger partial charge in [-0.05, 0) is 31.7 Å². The molecule has 0 spiro atoms. The zero-order valence-corrected chi connectivity index (χ0v) is 9.19. The Hall–Kier alpha value is -0.420. The highest BCUT2D eigenvalue weighted by molar-refractivity contribution is 7.51. The smallest absolute Gasteiger partial charge is 0.325 e. The van der Waals surface area contributed by atoms with Crippen LogP contribution in [0.1, 0.15) is 19.3 Å². The lowest BCUT2D eigenvalue weighted by atomic mass is 9.90. The van der Waals surface area contributed by atoms with Gasteiger partial charge in [-0.3, -0.25) is 9.36 Å². The van der Waals surface area contributed by atoms with E-state index in [0.717, 1.165) is 6.42 Å². The summed E-state index contributed by atoms with van der Waals surface area (Å²) in [4.78, 5) is 28.1. The number of carboxylic acid groups (broad SMARTS) is 1. The first-order valence-corrected chi connectivity index (χ1v) is 6.69. The summed E-state index contributed by atoms with van der Waals surface area (Å²) in [5, 5.41) is 11.6. The van der Waals surface area contributed by atoms with Gasteiger partial charge in [-0.25, -0.2) is 0 Å². The first-order valence-electron chi connectivity index (χ1n) is 4.89. The Balaban J connectivity index is 2.37. The van der Waals surface area contributed by atoms with Crippen molar-refractivity contribution in [3.05, 3.63) is 0 Å². The van der Waals surface area contributed by atoms with Gasteiger partial charge < -0.3 is 20.2 Å². The van der Waals surface area contributed by atoms with Gasteiger partial charge in [0.15, 0.2) is 0 Å². The third kappa shape index (κ3) is 4.75. The monoisotopic (exact) mass is 237 g/mol. The Bertz CT molecular complexity index is 276. The SMILES string of the molecule is O=C(O)[C@H]1C[C@@H](CCP(=O)(O)O)CCN1. The maximum absolute atomic E-state index is 10.7. The first-order chi connectivity index (χ1) is 6.88. The maximum atomic E-state index is 10.7. The van der Waals surface area contributed by atoms with Gasteiger partial charge in [-0.2, -0.15) is 0 Å². The number of aliphatic carboxylic acids is 1. The molecular formula is C8H16NO5P. The van der Waals surface area contributed by atoms with Gasteiger partial charge in [0.25, 0.3) is 0 Å². The van der Waals surface area contributed by atoms with E-state index in [1.807, 2.05) is 0 Å². The van der Waals surface area contributed by atoms with Crippen LogP contribution in [0.5, 0.6) is 0 Å². The van der Waals surface area contributed by atoms with Gasteiger partial charge in [-0.1, -0.05) is 0 Å². The van der Waals surface area contributed by atoms with E-state index in [2.05, 4.69) is 5.32 Å². The van der Waals surface area contributed by atoms with Gasteiger partial charge in [0.2, 0.25) is 0 Å². The summed E-state index contributed by atoms with van der Waals surface area (Å²) in [6, 6.07) is -0.569. The van der Waals surface area contributed by atoms with Crippen LogP contribution in [0.3, 0.4) is 0 Å². The summed E-state index contributed by atoms with van der Waals surface area (Å²) in [6.45, 7) is 0.600. The van der Waals surface area contributed by atoms with E-state index in [0.29, 0.717) is 19.4 Å². The van der Waals surface area contributed by atoms with Gasteiger partial charge in [0.1, 0.15) is 6.04 Å². The van der Waals surface area contributed by atoms with Crippen molar-refractivity contribution in [1.29, 1.82) is 0 Å². The fraction of sp³-hybridized carbons (Fsp3) is 0.875. The van der Waals surface area contributed by atoms with Crippen molar-refractivity contribution >= 4 is 13.6 Å². The number of hydrogen-bond donors (Lipinski definition) is 4. The molecule has 1 aliphatic heterocycles. The molecule has 0 aromatic rings. The summed E-state index contributed by atoms with van der Waals surface area (Å²) < 4.78 is 10.7. The van der Waals surface area contributed by atoms with E-state index in [1.54, 1.807) is 0 Å². The second kappa shape index (κ2) is 5.07. The van der Waals surface area contributed by atoms with E-state index in [-0.39, 0.29) is 12.1 Å². The van der Waals surface area contributed by atoms with E-state index < -0.39 is 19.6 Å². The van der Waals surface area contributed by atoms with Crippen LogP contribution in [0.15, 0.2) is 0 Å². The molecule has 1 saturated heterocycles. The summed E-state index contributed by atoms with van der Waals surface area (Å²) in [7, 11) is -3.94. The minimum absolute atomic E-state index is 0.0972. The molecular weight excluding hydrogens is 221 g/mol. The maximum Gasteiger partial charge on any atom is 0.325 e. The molecule has 0 saturated carbocycles. The minimum Gasteiger partial charge on any atom is -0.480 e. The normalized spacial score (nSPS) is 27.6. The zero-order valence-electron chi connectivity index (χ0n) is 8.30. The average molecular weight is 237 g/mol. The molecule has 0 aliphatic carbocycles. The highest BCUT2D eigenvalue weighted by Crippen LogP contribution is 2.37. The number of piperidine rings is 1. The van der Waals surface area contributed by atoms with Crippen LogP contribution in [0, 0.1) is 5.92 Å². The van der Waals surface area contributed by atoms with Crippen molar-refractivity contribution in [2.24, 2.45) is 5.92 Å². The van der Waals surface area contributed by atoms with Crippen molar-refractivity contribution in [1.82, 2.24) is 5.32 Å². The number of carboxylic acids is 1. The third-order valence-corrected chi connectivity index (χ3v) is 3.48. The van der Waals surface area contributed by atoms with Crippen molar-refractivity contribution in [2.75, 3.05) is 12.7 Å². The fourth-order valence-corrected chi connectivity index (χ4v) is 2.50. The number of rotatable bonds is 4. The first kappa shape index (κ1) is 12.6. The topological polar surface area (TPSA) is 107 Å². The molecule has 6 nitrogen and oxygen atoms in total. The predicted octanol–water partition coefficient (Wildman–Crippen LogP) is 0.00700. The number of nitrogens with one attached hydrogen (secondary N) is 1. The van der Waals surface area contributed by atoms with Gasteiger partial charge >= 0.3 is 13.6 Å². The third-order valence-electron chi connectivity index (χ3n) is 2.64. The molecule has 0 unspecified atom stereocenters. The van der Waals surface area contributed by atoms with Crippen molar-refractivity contribution < 1.29 is 24.3 Å². The van der Waals surface area contributed by atoms with Crippen molar-refractivity contribution in [3.63, 3.8) is 0 Å². The van der Waals surface area contributed by atoms with Gasteiger partial charge in [-0.15, -0.1) is 0 Å². The van der Waals surface area contributed by atoms with E-state index >= 15 is 0 Å². The van der Waals surface area contributed by atoms with Gasteiger partial charge in [0.05, 0.1) is 6.16 Å². The Morgan fingerprint density at radius 1 is 1.47 bits per heavy atom. The van der Waals surface area contributed by atoms with Crippen LogP contribution in [-0.2, 0) is 9.36 Å². The standard InChI is InChI=1S/C8H16NO5P/c10-8(11)7-5-6(1-3-9-7)2-4-15(12,13)14/h6-7,9H,1-5H2,(H,10,11)(H2,12,13,14)/t6-,7-/m1/s1. The van der Waals surface area contributed by atoms with Gasteiger partial charge in [0, 0.05) is 0 Å². The molecule has 88 valence electrons. The summed E-state index contributed by atoms with van der Waals surface area (Å²) in [5.41, 5.74) is 0. The lowest BCUT2D eigenvalue weighted by Crippen LogP contribution is -2.43. The molecule has 0 aromatic heterocycles. The highest BCUT2D eigenvalue weighted by Gasteiger charge is 2.27. The summed E-state index contributed by atoms with van der Waals surface area (Å²) >= 11 is 0. The molecule has 1 heterocycles. The number of carbonyl (C=O) groups is 1. The molecule has 1 rings (SSSR count). The summed E-state index contributed by atoms with van der Waals surface area (Å²) in [5.74, 6) is -0.796. The predicted molar refractivity (Wildman–Crippen MR) is 53.7 cm³/mol. The molecule has 1 aliphatic rings. The van der Waals surface area contributed by atoms with Crippen molar-refractivity contribution in [2.45, 2.75) is 25.3 Å². The minimum atomic E-state index is -3.94. The lowest BCUT2D eigenvalue weighted by Gasteiger charge is -2.27. The fourth-order valence-electron chi connectivity index (χ4n) is 1.80. The van der Waals surface area contributed by atoms with E-state index in [9.17, 15) is 9.36 Å². The molecule has 15 heavy (non-hydrogen) atoms. The molecule has 0 radical (unpaired) electrons. The second-order valence-corrected chi connectivity index (χ2v) is 5.69. The number of hydrogen-bond acceptors (Lipinski definition) is 3. The van der Waals surface area contributed by atoms with E-state index in [4.69, 9.17) is 14.9 Å². The molecule has 1 fully saturated rings. The molecule has 2 atom stereocenters. The molecule has 0 bridgehead atoms. The molecule has 4 N–H and O–H groups in total. The Morgan fingerprint density at radius 2 is 2.13 bits per heavy atom. The molecule has 0 aromatic carbocycles. The second-order valence-electron chi connectivity index (χ2n) is 3.91. The Kier molecular flexibility index (Phi) is 4.28. The van der Waals surface area contributed by atoms with Crippen LogP contribution in [0.25, 0.3) is 0 Å². The Morgan fingerprint density at radius 3 is 2.67 bits per heavy atom. The van der Waals surface area contributed by atoms with Crippen molar-refractivity contribution in [3.8, 4) is 0 Å². The molecule has 0 amide bonds. The van der Waals surface area contributed by atoms with Crippen LogP contribution >= 0.6 is 7.60 Å². The van der Waals surface area contributed by atoms with Crippen LogP contribution < -0.4 is 5.32 Å². The van der Waals surface area contributed by atoms with E-state index in [1.165, 1.54) is 0 Å². The Labute approximate surface area is 87.8 Å². The largest absolute Gasteiger partial charge is 0.480 e. The van der Waals surface area contributed by atoms with Crippen LogP contribution in [-0.4, -0.2) is 39.6 Å². The lowest BCUT2D eigenvalue weighted by molar-refractivity contribution is -0.140. The van der Waals surface area contributed by atoms with Crippen LogP contribution in [0.2, 0.25) is 0 Å². The highest BCUT2D eigenvalue weighted by atomic mass is 31.2. The quantitative estimate of drug-likeness (QED) is 0.513. The van der Waals surface area contributed by atoms with Crippen LogP contribution in [0.4, 0.5) is 0 Å². The summed E-state index contributed by atoms with van der Waals surface area (Å²) in [6.07, 6.45) is 1.48.